The second-order valence-corrected chi connectivity index (χ2v) is 7.34. The van der Waals surface area contributed by atoms with Gasteiger partial charge in [-0.15, -0.1) is 0 Å². The Morgan fingerprint density at radius 2 is 1.62 bits per heavy atom. The van der Waals surface area contributed by atoms with Gasteiger partial charge in [-0.25, -0.2) is 9.66 Å². The van der Waals surface area contributed by atoms with Crippen molar-refractivity contribution in [1.29, 1.82) is 0 Å². The number of rotatable bonds is 8. The normalized spacial score (nSPS) is 10.7. The average Bonchev–Trinajstić information content (AvgIpc) is 2.87. The van der Waals surface area contributed by atoms with E-state index in [-0.39, 0.29) is 17.9 Å². The van der Waals surface area contributed by atoms with Gasteiger partial charge >= 0.3 is 0 Å². The minimum absolute atomic E-state index is 0.0735. The standard InChI is InChI=1S/C25H25N3O6/c1-31-17-9-10-20(29)16(11-17)14-26-28-24(27-19-8-6-5-7-18(19)25(28)30)15-12-21(32-2)23(34-4)22(13-15)33-3/h5-13,26,29H,14H2,1-4H3. The molecule has 9 heteroatoms. The summed E-state index contributed by atoms with van der Waals surface area (Å²) in [6.07, 6.45) is 0. The Kier molecular flexibility index (Phi) is 6.44. The highest BCUT2D eigenvalue weighted by Gasteiger charge is 2.19. The molecule has 0 atom stereocenters. The van der Waals surface area contributed by atoms with Gasteiger partial charge in [-0.2, -0.15) is 0 Å². The Bertz CT molecular complexity index is 1370. The van der Waals surface area contributed by atoms with E-state index in [4.69, 9.17) is 23.9 Å². The highest BCUT2D eigenvalue weighted by molar-refractivity contribution is 5.80. The quantitative estimate of drug-likeness (QED) is 0.409. The molecule has 0 radical (unpaired) electrons. The van der Waals surface area contributed by atoms with E-state index in [0.717, 1.165) is 0 Å². The van der Waals surface area contributed by atoms with Crippen molar-refractivity contribution in [3.05, 3.63) is 70.5 Å². The summed E-state index contributed by atoms with van der Waals surface area (Å²) in [4.78, 5) is 18.2. The molecular weight excluding hydrogens is 438 g/mol. The van der Waals surface area contributed by atoms with Crippen molar-refractivity contribution in [3.63, 3.8) is 0 Å². The third-order valence-corrected chi connectivity index (χ3v) is 5.41. The molecule has 0 bridgehead atoms. The maximum atomic E-state index is 13.5. The van der Waals surface area contributed by atoms with Gasteiger partial charge < -0.3 is 29.5 Å². The van der Waals surface area contributed by atoms with Crippen LogP contribution in [0.4, 0.5) is 0 Å². The van der Waals surface area contributed by atoms with Crippen LogP contribution in [-0.2, 0) is 6.54 Å². The zero-order chi connectivity index (χ0) is 24.2. The first-order chi connectivity index (χ1) is 16.5. The van der Waals surface area contributed by atoms with Gasteiger partial charge in [0.15, 0.2) is 17.3 Å². The Hall–Kier alpha value is -4.40. The first kappa shape index (κ1) is 22.8. The number of ether oxygens (including phenoxy) is 4. The summed E-state index contributed by atoms with van der Waals surface area (Å²) in [7, 11) is 6.11. The van der Waals surface area contributed by atoms with Crippen molar-refractivity contribution in [2.24, 2.45) is 0 Å². The predicted octanol–water partition coefficient (Wildman–Crippen LogP) is 3.55. The molecule has 1 heterocycles. The van der Waals surface area contributed by atoms with Crippen LogP contribution in [0.1, 0.15) is 5.56 Å². The molecule has 9 nitrogen and oxygen atoms in total. The average molecular weight is 463 g/mol. The molecule has 0 aliphatic carbocycles. The zero-order valence-corrected chi connectivity index (χ0v) is 19.3. The number of phenolic OH excluding ortho intramolecular Hbond substituents is 1. The first-order valence-electron chi connectivity index (χ1n) is 10.4. The fourth-order valence-electron chi connectivity index (χ4n) is 3.68. The number of hydrogen-bond acceptors (Lipinski definition) is 8. The maximum Gasteiger partial charge on any atom is 0.280 e. The van der Waals surface area contributed by atoms with Crippen LogP contribution in [-0.4, -0.2) is 43.2 Å². The van der Waals surface area contributed by atoms with Crippen LogP contribution >= 0.6 is 0 Å². The molecule has 0 spiro atoms. The molecule has 0 aliphatic rings. The van der Waals surface area contributed by atoms with Crippen LogP contribution < -0.4 is 29.9 Å². The molecule has 0 saturated heterocycles. The molecule has 0 unspecified atom stereocenters. The lowest BCUT2D eigenvalue weighted by molar-refractivity contribution is 0.324. The van der Waals surface area contributed by atoms with Crippen molar-refractivity contribution in [2.75, 3.05) is 33.9 Å². The van der Waals surface area contributed by atoms with Gasteiger partial charge in [-0.1, -0.05) is 12.1 Å². The first-order valence-corrected chi connectivity index (χ1v) is 10.4. The molecule has 3 aromatic carbocycles. The van der Waals surface area contributed by atoms with Gasteiger partial charge in [0.2, 0.25) is 5.75 Å². The van der Waals surface area contributed by atoms with Gasteiger partial charge in [0.1, 0.15) is 11.5 Å². The molecule has 34 heavy (non-hydrogen) atoms. The number of methoxy groups -OCH3 is 4. The molecule has 2 N–H and O–H groups in total. The van der Waals surface area contributed by atoms with E-state index in [2.05, 4.69) is 5.43 Å². The van der Waals surface area contributed by atoms with Crippen LogP contribution in [0, 0.1) is 0 Å². The molecule has 0 amide bonds. The van der Waals surface area contributed by atoms with E-state index in [9.17, 15) is 9.90 Å². The lowest BCUT2D eigenvalue weighted by Gasteiger charge is -2.18. The molecule has 176 valence electrons. The van der Waals surface area contributed by atoms with Gasteiger partial charge in [0.25, 0.3) is 5.56 Å². The Balaban J connectivity index is 1.89. The van der Waals surface area contributed by atoms with E-state index >= 15 is 0 Å². The summed E-state index contributed by atoms with van der Waals surface area (Å²) in [5, 5.41) is 10.7. The molecule has 1 aromatic heterocycles. The molecule has 0 fully saturated rings. The van der Waals surface area contributed by atoms with Crippen molar-refractivity contribution in [1.82, 2.24) is 9.66 Å². The zero-order valence-electron chi connectivity index (χ0n) is 19.3. The van der Waals surface area contributed by atoms with E-state index in [1.807, 2.05) is 6.07 Å². The Morgan fingerprint density at radius 3 is 2.26 bits per heavy atom. The SMILES string of the molecule is COc1ccc(O)c(CNn2c(-c3cc(OC)c(OC)c(OC)c3)nc3ccccc3c2=O)c1. The number of nitrogens with one attached hydrogen (secondary N) is 1. The van der Waals surface area contributed by atoms with Crippen molar-refractivity contribution < 1.29 is 24.1 Å². The summed E-state index contributed by atoms with van der Waals surface area (Å²) >= 11 is 0. The van der Waals surface area contributed by atoms with E-state index in [1.165, 1.54) is 32.1 Å². The van der Waals surface area contributed by atoms with Crippen molar-refractivity contribution in [3.8, 4) is 40.1 Å². The van der Waals surface area contributed by atoms with Crippen molar-refractivity contribution in [2.45, 2.75) is 6.54 Å². The molecular formula is C25H25N3O6. The third-order valence-electron chi connectivity index (χ3n) is 5.41. The van der Waals surface area contributed by atoms with Crippen LogP contribution in [0.3, 0.4) is 0 Å². The van der Waals surface area contributed by atoms with Crippen LogP contribution in [0.25, 0.3) is 22.3 Å². The van der Waals surface area contributed by atoms with Crippen LogP contribution in [0.2, 0.25) is 0 Å². The van der Waals surface area contributed by atoms with Crippen LogP contribution in [0.5, 0.6) is 28.7 Å². The monoisotopic (exact) mass is 463 g/mol. The predicted molar refractivity (Wildman–Crippen MR) is 129 cm³/mol. The number of para-hydroxylation sites is 1. The molecule has 4 aromatic rings. The third kappa shape index (κ3) is 4.15. The second kappa shape index (κ2) is 9.62. The van der Waals surface area contributed by atoms with Gasteiger partial charge in [0, 0.05) is 11.1 Å². The second-order valence-electron chi connectivity index (χ2n) is 7.34. The maximum absolute atomic E-state index is 13.5. The largest absolute Gasteiger partial charge is 0.508 e. The summed E-state index contributed by atoms with van der Waals surface area (Å²) in [5.41, 5.74) is 4.46. The van der Waals surface area contributed by atoms with E-state index in [0.29, 0.717) is 50.9 Å². The lowest BCUT2D eigenvalue weighted by atomic mass is 10.1. The number of benzene rings is 3. The fourth-order valence-corrected chi connectivity index (χ4v) is 3.68. The van der Waals surface area contributed by atoms with Crippen molar-refractivity contribution >= 4 is 10.9 Å². The fraction of sp³-hybridized carbons (Fsp3) is 0.200. The minimum Gasteiger partial charge on any atom is -0.508 e. The summed E-state index contributed by atoms with van der Waals surface area (Å²) in [6.45, 7) is 0.139. The van der Waals surface area contributed by atoms with E-state index < -0.39 is 0 Å². The molecule has 0 saturated carbocycles. The van der Waals surface area contributed by atoms with Gasteiger partial charge in [-0.3, -0.25) is 4.79 Å². The number of phenols is 1. The highest BCUT2D eigenvalue weighted by Crippen LogP contribution is 2.40. The topological polar surface area (TPSA) is 104 Å². The molecule has 0 aliphatic heterocycles. The minimum atomic E-state index is -0.295. The number of aromatic hydroxyl groups is 1. The summed E-state index contributed by atoms with van der Waals surface area (Å²) < 4.78 is 23.0. The summed E-state index contributed by atoms with van der Waals surface area (Å²) in [6, 6.07) is 15.4. The highest BCUT2D eigenvalue weighted by atomic mass is 16.5. The Morgan fingerprint density at radius 1 is 0.912 bits per heavy atom. The van der Waals surface area contributed by atoms with Crippen LogP contribution in [0.15, 0.2) is 59.4 Å². The Labute approximate surface area is 196 Å². The smallest absolute Gasteiger partial charge is 0.280 e. The number of fused-ring (bicyclic) bond motifs is 1. The lowest BCUT2D eigenvalue weighted by Crippen LogP contribution is -2.31. The van der Waals surface area contributed by atoms with Gasteiger partial charge in [-0.05, 0) is 42.5 Å². The van der Waals surface area contributed by atoms with Gasteiger partial charge in [0.05, 0.1) is 45.9 Å². The summed E-state index contributed by atoms with van der Waals surface area (Å²) in [5.74, 6) is 2.28. The number of hydrogen-bond donors (Lipinski definition) is 2. The number of nitrogens with zero attached hydrogens (tertiary/aromatic N) is 2. The molecule has 4 rings (SSSR count). The number of aromatic nitrogens is 2. The van der Waals surface area contributed by atoms with E-state index in [1.54, 1.807) is 49.6 Å².